The number of nitrogens with zero attached hydrogens (tertiary/aromatic N) is 5. The summed E-state index contributed by atoms with van der Waals surface area (Å²) in [6, 6.07) is 36.1. The monoisotopic (exact) mass is 1210 g/mol. The first-order chi connectivity index (χ1) is 38.2. The Hall–Kier alpha value is -7.64. The quantitative estimate of drug-likeness (QED) is 0.0997. The van der Waals surface area contributed by atoms with Gasteiger partial charge in [-0.15, -0.1) is 0 Å². The minimum Gasteiger partial charge on any atom is -0.496 e. The van der Waals surface area contributed by atoms with Crippen molar-refractivity contribution in [3.05, 3.63) is 207 Å². The van der Waals surface area contributed by atoms with E-state index in [9.17, 15) is 8.42 Å². The van der Waals surface area contributed by atoms with Gasteiger partial charge in [0.1, 0.15) is 23.1 Å². The van der Waals surface area contributed by atoms with E-state index in [1.165, 1.54) is 31.8 Å². The van der Waals surface area contributed by atoms with Gasteiger partial charge in [-0.1, -0.05) is 91.9 Å². The molecule has 0 atom stereocenters. The number of halogens is 1. The van der Waals surface area contributed by atoms with Crippen molar-refractivity contribution in [2.45, 2.75) is 92.3 Å². The summed E-state index contributed by atoms with van der Waals surface area (Å²) in [7, 11) is -0.666. The Morgan fingerprint density at radius 1 is 0.617 bits per heavy atom. The van der Waals surface area contributed by atoms with Crippen molar-refractivity contribution in [1.82, 2.24) is 33.9 Å². The minimum absolute atomic E-state index is 0. The molecule has 1 saturated heterocycles. The van der Waals surface area contributed by atoms with Crippen LogP contribution in [0, 0.1) is 38.2 Å². The third-order valence-electron chi connectivity index (χ3n) is 15.4. The Bertz CT molecular complexity index is 4010. The van der Waals surface area contributed by atoms with Gasteiger partial charge >= 0.3 is 7.12 Å². The second-order valence-electron chi connectivity index (χ2n) is 21.1. The van der Waals surface area contributed by atoms with Gasteiger partial charge in [-0.3, -0.25) is 4.98 Å². The van der Waals surface area contributed by atoms with E-state index in [0.717, 1.165) is 99.8 Å². The van der Waals surface area contributed by atoms with E-state index >= 15 is 0 Å². The van der Waals surface area contributed by atoms with Crippen molar-refractivity contribution in [2.24, 2.45) is 0 Å². The lowest BCUT2D eigenvalue weighted by molar-refractivity contribution is 0.00578. The normalized spacial score (nSPS) is 14.0. The standard InChI is InChI=1S/C26H23N3O.C23H21IN2O3S.C15H19BN2O2.CH4/c1-16-12-20(14-25(30-3)17(16)2)21-13-23-22(8-9-24(23)29-15-21)18-4-6-19(7-5-18)26-27-10-11-28-26;1-14-5-7-19(8-6-14)30(27,28)26-13-21(24)20-10-18(12-25-23(20)26)17-9-15(2)16(3)22(11-17)29-4;1-14(2)15(3,4)20-16(19-14)12-7-5-11(6-8-12)13-17-9-10-18-13;/h4-8,10-15H,9H2,1-3H3,(H,27,28);5-13H,1-4H3;5-10H,1-4H3,(H,17,18);1H4. The Labute approximate surface area is 489 Å². The van der Waals surface area contributed by atoms with Crippen LogP contribution < -0.4 is 14.9 Å². The lowest BCUT2D eigenvalue weighted by atomic mass is 9.79. The predicted molar refractivity (Wildman–Crippen MR) is 335 cm³/mol. The number of imidazole rings is 2. The molecule has 13 nitrogen and oxygen atoms in total. The molecule has 10 aromatic rings. The Kier molecular flexibility index (Phi) is 16.8. The van der Waals surface area contributed by atoms with Crippen LogP contribution in [0.4, 0.5) is 0 Å². The van der Waals surface area contributed by atoms with Crippen molar-refractivity contribution >= 4 is 61.8 Å². The molecule has 1 fully saturated rings. The fraction of sp³-hybridized carbons (Fsp3) is 0.231. The molecule has 0 saturated carbocycles. The molecule has 1 aliphatic heterocycles. The molecule has 2 N–H and O–H groups in total. The largest absolute Gasteiger partial charge is 0.496 e. The van der Waals surface area contributed by atoms with Crippen LogP contribution in [0.2, 0.25) is 0 Å². The zero-order valence-electron chi connectivity index (χ0n) is 46.8. The lowest BCUT2D eigenvalue weighted by Gasteiger charge is -2.32. The number of allylic oxidation sites excluding steroid dienone is 1. The van der Waals surface area contributed by atoms with Crippen LogP contribution >= 0.6 is 22.6 Å². The Morgan fingerprint density at radius 3 is 1.64 bits per heavy atom. The molecule has 0 unspecified atom stereocenters. The lowest BCUT2D eigenvalue weighted by Crippen LogP contribution is -2.41. The second kappa shape index (κ2) is 23.5. The summed E-state index contributed by atoms with van der Waals surface area (Å²) in [5.74, 6) is 3.48. The number of H-pyrrole nitrogens is 2. The van der Waals surface area contributed by atoms with Gasteiger partial charge in [0.25, 0.3) is 10.0 Å². The van der Waals surface area contributed by atoms with Crippen LogP contribution in [0.15, 0.2) is 164 Å². The zero-order chi connectivity index (χ0) is 56.7. The molecule has 5 aromatic heterocycles. The molecule has 5 aromatic carbocycles. The summed E-state index contributed by atoms with van der Waals surface area (Å²) in [4.78, 5) is 24.4. The fourth-order valence-corrected chi connectivity index (χ4v) is 11.9. The SMILES string of the molecule is C.CC1(C)OB(c2ccc(-c3ncc[nH]3)cc2)OC1(C)C.COc1cc(-c2cnc3c(c2)C(c2ccc(-c4ncc[nH]4)cc2)=CC3)cc(C)c1C.COc1cc(-c2cnc3c(c2)c(I)cn3S(=O)(=O)c2ccc(C)cc2)cc(C)c1C. The molecule has 0 radical (unpaired) electrons. The zero-order valence-corrected chi connectivity index (χ0v) is 49.7. The van der Waals surface area contributed by atoms with Crippen molar-refractivity contribution in [1.29, 1.82) is 0 Å². The van der Waals surface area contributed by atoms with Gasteiger partial charge in [-0.05, 0) is 171 Å². The van der Waals surface area contributed by atoms with Crippen LogP contribution in [-0.4, -0.2) is 74.8 Å². The fourth-order valence-electron chi connectivity index (χ4n) is 9.68. The van der Waals surface area contributed by atoms with Gasteiger partial charge in [0, 0.05) is 86.6 Å². The summed E-state index contributed by atoms with van der Waals surface area (Å²) >= 11 is 2.16. The van der Waals surface area contributed by atoms with Crippen molar-refractivity contribution in [3.63, 3.8) is 0 Å². The first-order valence-electron chi connectivity index (χ1n) is 26.3. The number of ether oxygens (including phenoxy) is 2. The van der Waals surface area contributed by atoms with Crippen LogP contribution in [-0.2, 0) is 25.8 Å². The van der Waals surface area contributed by atoms with E-state index in [2.05, 4.69) is 144 Å². The summed E-state index contributed by atoms with van der Waals surface area (Å²) < 4.78 is 51.6. The molecule has 0 bridgehead atoms. The number of methoxy groups -OCH3 is 2. The molecule has 2 aliphatic rings. The molecule has 0 amide bonds. The van der Waals surface area contributed by atoms with Gasteiger partial charge < -0.3 is 28.8 Å². The highest BCUT2D eigenvalue weighted by atomic mass is 127. The van der Waals surface area contributed by atoms with E-state index in [0.29, 0.717) is 5.65 Å². The molecular weight excluding hydrogens is 1140 g/mol. The topological polar surface area (TPSA) is 159 Å². The van der Waals surface area contributed by atoms with Crippen molar-refractivity contribution in [2.75, 3.05) is 14.2 Å². The van der Waals surface area contributed by atoms with E-state index in [4.69, 9.17) is 23.8 Å². The minimum atomic E-state index is -3.73. The van der Waals surface area contributed by atoms with Crippen LogP contribution in [0.5, 0.6) is 11.5 Å². The third kappa shape index (κ3) is 11.8. The van der Waals surface area contributed by atoms with E-state index in [1.54, 1.807) is 63.3 Å². The maximum absolute atomic E-state index is 13.2. The number of nitrogens with one attached hydrogen (secondary N) is 2. The van der Waals surface area contributed by atoms with Crippen molar-refractivity contribution < 1.29 is 27.2 Å². The number of aryl methyl sites for hydroxylation is 3. The smallest absolute Gasteiger partial charge is 0.494 e. The van der Waals surface area contributed by atoms with Gasteiger partial charge in [0.2, 0.25) is 0 Å². The number of rotatable bonds is 10. The summed E-state index contributed by atoms with van der Waals surface area (Å²) in [5, 5.41) is 0.793. The molecule has 0 spiro atoms. The van der Waals surface area contributed by atoms with Gasteiger partial charge in [0.15, 0.2) is 5.65 Å². The average molecular weight is 1210 g/mol. The van der Waals surface area contributed by atoms with E-state index < -0.39 is 10.0 Å². The molecule has 414 valence electrons. The molecular formula is C65H67BIN7O6S. The first-order valence-corrected chi connectivity index (χ1v) is 28.8. The van der Waals surface area contributed by atoms with Crippen LogP contribution in [0.25, 0.3) is 61.6 Å². The number of pyridine rings is 2. The van der Waals surface area contributed by atoms with Gasteiger partial charge in [0.05, 0.1) is 36.0 Å². The van der Waals surface area contributed by atoms with Crippen molar-refractivity contribution in [3.8, 4) is 56.5 Å². The van der Waals surface area contributed by atoms with Crippen LogP contribution in [0.1, 0.15) is 79.8 Å². The second-order valence-corrected chi connectivity index (χ2v) is 24.1. The van der Waals surface area contributed by atoms with E-state index in [1.807, 2.05) is 75.8 Å². The summed E-state index contributed by atoms with van der Waals surface area (Å²) in [6.07, 6.45) is 15.6. The molecule has 1 aliphatic carbocycles. The van der Waals surface area contributed by atoms with E-state index in [-0.39, 0.29) is 30.6 Å². The highest BCUT2D eigenvalue weighted by Gasteiger charge is 2.51. The Balaban J connectivity index is 0.000000149. The highest BCUT2D eigenvalue weighted by molar-refractivity contribution is 14.1. The summed E-state index contributed by atoms with van der Waals surface area (Å²) in [5.41, 5.74) is 17.5. The van der Waals surface area contributed by atoms with Crippen LogP contribution in [0.3, 0.4) is 0 Å². The van der Waals surface area contributed by atoms with Gasteiger partial charge in [-0.2, -0.15) is 0 Å². The molecule has 16 heteroatoms. The number of aromatic amines is 2. The maximum atomic E-state index is 13.2. The number of fused-ring (bicyclic) bond motifs is 2. The highest BCUT2D eigenvalue weighted by Crippen LogP contribution is 2.39. The third-order valence-corrected chi connectivity index (χ3v) is 17.9. The maximum Gasteiger partial charge on any atom is 0.494 e. The molecule has 81 heavy (non-hydrogen) atoms. The number of benzene rings is 5. The number of hydrogen-bond donors (Lipinski definition) is 2. The predicted octanol–water partition coefficient (Wildman–Crippen LogP) is 14.2. The molecule has 12 rings (SSSR count). The Morgan fingerprint density at radius 2 is 1.12 bits per heavy atom. The first kappa shape index (κ1) is 58.0. The summed E-state index contributed by atoms with van der Waals surface area (Å²) in [6.45, 7) is 18.4. The number of aromatic nitrogens is 7. The number of hydrogen-bond acceptors (Lipinski definition) is 10. The molecule has 6 heterocycles. The van der Waals surface area contributed by atoms with Gasteiger partial charge in [-0.25, -0.2) is 27.3 Å². The average Bonchev–Trinajstić information content (AvgIpc) is 4.36.